The molecule has 3 heteroatoms. The molecule has 1 nitrogen and oxygen atoms in total. The summed E-state index contributed by atoms with van der Waals surface area (Å²) in [5.74, 6) is 1.07. The van der Waals surface area contributed by atoms with Gasteiger partial charge in [-0.1, -0.05) is 28.1 Å². The summed E-state index contributed by atoms with van der Waals surface area (Å²) >= 11 is 5.34. The maximum atomic E-state index is 3.76. The lowest BCUT2D eigenvalue weighted by Gasteiger charge is -2.13. The summed E-state index contributed by atoms with van der Waals surface area (Å²) in [5, 5.41) is 3.28. The van der Waals surface area contributed by atoms with Gasteiger partial charge in [0.25, 0.3) is 0 Å². The Balaban J connectivity index is 2.44. The van der Waals surface area contributed by atoms with Gasteiger partial charge in [0, 0.05) is 21.2 Å². The minimum Gasteiger partial charge on any atom is -0.316 e. The van der Waals surface area contributed by atoms with Crippen molar-refractivity contribution < 1.29 is 0 Å². The molecule has 0 aliphatic rings. The predicted octanol–water partition coefficient (Wildman–Crippen LogP) is 3.71. The van der Waals surface area contributed by atoms with Gasteiger partial charge in [0.2, 0.25) is 0 Å². The SMILES string of the molecule is C=CCC(CSc1cccc(Br)c1)NC. The third kappa shape index (κ3) is 4.87. The Hall–Kier alpha value is -0.250. The molecule has 0 aromatic heterocycles. The van der Waals surface area contributed by atoms with Crippen LogP contribution in [0.1, 0.15) is 6.42 Å². The van der Waals surface area contributed by atoms with Gasteiger partial charge >= 0.3 is 0 Å². The first-order valence-electron chi connectivity index (χ1n) is 4.92. The maximum Gasteiger partial charge on any atom is 0.0193 e. The molecule has 0 aliphatic heterocycles. The molecule has 1 rings (SSSR count). The van der Waals surface area contributed by atoms with Crippen molar-refractivity contribution in [1.29, 1.82) is 0 Å². The predicted molar refractivity (Wildman–Crippen MR) is 72.5 cm³/mol. The Labute approximate surface area is 104 Å². The van der Waals surface area contributed by atoms with Crippen LogP contribution in [0.4, 0.5) is 0 Å². The molecule has 82 valence electrons. The lowest BCUT2D eigenvalue weighted by atomic mass is 10.2. The zero-order valence-corrected chi connectivity index (χ0v) is 11.3. The van der Waals surface area contributed by atoms with Crippen LogP contribution in [-0.2, 0) is 0 Å². The molecule has 0 radical (unpaired) electrons. The van der Waals surface area contributed by atoms with Crippen molar-refractivity contribution in [2.24, 2.45) is 0 Å². The Kier molecular flexibility index (Phi) is 6.06. The molecule has 1 aromatic carbocycles. The summed E-state index contributed by atoms with van der Waals surface area (Å²) in [5.41, 5.74) is 0. The highest BCUT2D eigenvalue weighted by molar-refractivity contribution is 9.10. The number of thioether (sulfide) groups is 1. The van der Waals surface area contributed by atoms with Crippen LogP contribution in [0.25, 0.3) is 0 Å². The number of hydrogen-bond donors (Lipinski definition) is 1. The van der Waals surface area contributed by atoms with Crippen LogP contribution < -0.4 is 5.32 Å². The van der Waals surface area contributed by atoms with E-state index in [9.17, 15) is 0 Å². The molecule has 15 heavy (non-hydrogen) atoms. The average Bonchev–Trinajstić information content (AvgIpc) is 2.24. The van der Waals surface area contributed by atoms with Crippen LogP contribution in [-0.4, -0.2) is 18.8 Å². The molecule has 0 amide bonds. The van der Waals surface area contributed by atoms with Gasteiger partial charge in [-0.15, -0.1) is 18.3 Å². The second-order valence-corrected chi connectivity index (χ2v) is 5.29. The third-order valence-corrected chi connectivity index (χ3v) is 3.76. The van der Waals surface area contributed by atoms with E-state index in [2.05, 4.69) is 46.0 Å². The molecule has 1 aromatic rings. The molecule has 0 saturated carbocycles. The van der Waals surface area contributed by atoms with Crippen LogP contribution in [0.15, 0.2) is 46.3 Å². The summed E-state index contributed by atoms with van der Waals surface area (Å²) in [6, 6.07) is 8.89. The molecule has 1 atom stereocenters. The first kappa shape index (κ1) is 12.8. The van der Waals surface area contributed by atoms with E-state index in [1.165, 1.54) is 4.90 Å². The van der Waals surface area contributed by atoms with Gasteiger partial charge in [0.05, 0.1) is 0 Å². The minimum atomic E-state index is 0.506. The Bertz CT molecular complexity index is 314. The lowest BCUT2D eigenvalue weighted by molar-refractivity contribution is 0.629. The van der Waals surface area contributed by atoms with Gasteiger partial charge in [-0.3, -0.25) is 0 Å². The standard InChI is InChI=1S/C12H16BrNS/c1-3-5-11(14-2)9-15-12-7-4-6-10(13)8-12/h3-4,6-8,11,14H,1,5,9H2,2H3. The molecule has 0 saturated heterocycles. The summed E-state index contributed by atoms with van der Waals surface area (Å²) in [4.78, 5) is 1.30. The fourth-order valence-corrected chi connectivity index (χ4v) is 2.86. The molecular weight excluding hydrogens is 270 g/mol. The highest BCUT2D eigenvalue weighted by Crippen LogP contribution is 2.22. The number of hydrogen-bond acceptors (Lipinski definition) is 2. The second-order valence-electron chi connectivity index (χ2n) is 3.28. The minimum absolute atomic E-state index is 0.506. The van der Waals surface area contributed by atoms with Gasteiger partial charge in [0.15, 0.2) is 0 Å². The van der Waals surface area contributed by atoms with E-state index in [0.29, 0.717) is 6.04 Å². The van der Waals surface area contributed by atoms with Crippen molar-refractivity contribution in [3.63, 3.8) is 0 Å². The van der Waals surface area contributed by atoms with Gasteiger partial charge < -0.3 is 5.32 Å². The van der Waals surface area contributed by atoms with E-state index < -0.39 is 0 Å². The number of halogens is 1. The van der Waals surface area contributed by atoms with E-state index in [4.69, 9.17) is 0 Å². The summed E-state index contributed by atoms with van der Waals surface area (Å²) in [6.07, 6.45) is 2.97. The number of nitrogens with one attached hydrogen (secondary N) is 1. The lowest BCUT2D eigenvalue weighted by Crippen LogP contribution is -2.26. The fourth-order valence-electron chi connectivity index (χ4n) is 1.22. The highest BCUT2D eigenvalue weighted by atomic mass is 79.9. The monoisotopic (exact) mass is 285 g/mol. The summed E-state index contributed by atoms with van der Waals surface area (Å²) in [7, 11) is 2.00. The Morgan fingerprint density at radius 2 is 2.40 bits per heavy atom. The zero-order chi connectivity index (χ0) is 11.1. The van der Waals surface area contributed by atoms with Crippen LogP contribution >= 0.6 is 27.7 Å². The first-order valence-corrected chi connectivity index (χ1v) is 6.70. The average molecular weight is 286 g/mol. The van der Waals surface area contributed by atoms with Crippen molar-refractivity contribution >= 4 is 27.7 Å². The largest absolute Gasteiger partial charge is 0.316 e. The zero-order valence-electron chi connectivity index (χ0n) is 8.87. The van der Waals surface area contributed by atoms with Crippen LogP contribution in [0, 0.1) is 0 Å². The number of rotatable bonds is 6. The summed E-state index contributed by atoms with van der Waals surface area (Å²) in [6.45, 7) is 3.76. The normalized spacial score (nSPS) is 12.4. The maximum absolute atomic E-state index is 3.76. The molecule has 0 spiro atoms. The van der Waals surface area contributed by atoms with Crippen molar-refractivity contribution in [2.75, 3.05) is 12.8 Å². The van der Waals surface area contributed by atoms with Crippen LogP contribution in [0.5, 0.6) is 0 Å². The van der Waals surface area contributed by atoms with E-state index in [-0.39, 0.29) is 0 Å². The van der Waals surface area contributed by atoms with E-state index >= 15 is 0 Å². The topological polar surface area (TPSA) is 12.0 Å². The van der Waals surface area contributed by atoms with Gasteiger partial charge in [-0.2, -0.15) is 0 Å². The Morgan fingerprint density at radius 1 is 1.60 bits per heavy atom. The fraction of sp³-hybridized carbons (Fsp3) is 0.333. The third-order valence-electron chi connectivity index (χ3n) is 2.11. The first-order chi connectivity index (χ1) is 7.26. The van der Waals surface area contributed by atoms with Crippen LogP contribution in [0.3, 0.4) is 0 Å². The molecule has 1 N–H and O–H groups in total. The van der Waals surface area contributed by atoms with E-state index in [1.54, 1.807) is 0 Å². The van der Waals surface area contributed by atoms with E-state index in [1.807, 2.05) is 31.0 Å². The van der Waals surface area contributed by atoms with Crippen LogP contribution in [0.2, 0.25) is 0 Å². The van der Waals surface area contributed by atoms with Crippen molar-refractivity contribution in [1.82, 2.24) is 5.32 Å². The van der Waals surface area contributed by atoms with Gasteiger partial charge in [-0.25, -0.2) is 0 Å². The quantitative estimate of drug-likeness (QED) is 0.632. The van der Waals surface area contributed by atoms with Gasteiger partial charge in [-0.05, 0) is 31.7 Å². The number of benzene rings is 1. The molecular formula is C12H16BrNS. The van der Waals surface area contributed by atoms with Crippen molar-refractivity contribution in [3.8, 4) is 0 Å². The molecule has 0 aliphatic carbocycles. The molecule has 1 unspecified atom stereocenters. The molecule has 0 bridgehead atoms. The van der Waals surface area contributed by atoms with Crippen molar-refractivity contribution in [3.05, 3.63) is 41.4 Å². The van der Waals surface area contributed by atoms with E-state index in [0.717, 1.165) is 16.6 Å². The molecule has 0 fully saturated rings. The second kappa shape index (κ2) is 7.09. The van der Waals surface area contributed by atoms with Crippen molar-refractivity contribution in [2.45, 2.75) is 17.4 Å². The summed E-state index contributed by atoms with van der Waals surface area (Å²) < 4.78 is 1.14. The smallest absolute Gasteiger partial charge is 0.0193 e. The van der Waals surface area contributed by atoms with Gasteiger partial charge in [0.1, 0.15) is 0 Å². The highest BCUT2D eigenvalue weighted by Gasteiger charge is 2.04. The Morgan fingerprint density at radius 3 is 3.00 bits per heavy atom. The molecule has 0 heterocycles.